The summed E-state index contributed by atoms with van der Waals surface area (Å²) in [6.45, 7) is 2.22. The molecule has 18 heavy (non-hydrogen) atoms. The molecule has 1 aromatic heterocycles. The third kappa shape index (κ3) is 2.38. The van der Waals surface area contributed by atoms with Crippen LogP contribution < -0.4 is 10.6 Å². The number of fused-ring (bicyclic) bond motifs is 1. The van der Waals surface area contributed by atoms with E-state index in [1.165, 1.54) is 0 Å². The summed E-state index contributed by atoms with van der Waals surface area (Å²) in [6.07, 6.45) is 3.95. The van der Waals surface area contributed by atoms with Crippen LogP contribution in [0.1, 0.15) is 6.92 Å². The van der Waals surface area contributed by atoms with Crippen molar-refractivity contribution in [1.82, 2.24) is 4.98 Å². The molecule has 0 amide bonds. The maximum Gasteiger partial charge on any atom is 0.0955 e. The molecule has 96 valence electrons. The van der Waals surface area contributed by atoms with Crippen molar-refractivity contribution < 1.29 is 0 Å². The van der Waals surface area contributed by atoms with Crippen LogP contribution in [0, 0.1) is 0 Å². The van der Waals surface area contributed by atoms with Gasteiger partial charge in [-0.15, -0.1) is 0 Å². The molecule has 2 rings (SSSR count). The minimum atomic E-state index is 0.467. The number of aromatic nitrogens is 1. The molecule has 0 aliphatic carbocycles. The zero-order valence-electron chi connectivity index (χ0n) is 11.1. The second-order valence-electron chi connectivity index (χ2n) is 4.49. The number of hydrogen-bond donors (Lipinski definition) is 1. The van der Waals surface area contributed by atoms with E-state index in [9.17, 15) is 0 Å². The number of pyridine rings is 1. The summed E-state index contributed by atoms with van der Waals surface area (Å²) >= 11 is 1.85. The van der Waals surface area contributed by atoms with Crippen molar-refractivity contribution >= 4 is 34.0 Å². The predicted octanol–water partition coefficient (Wildman–Crippen LogP) is 3.00. The lowest BCUT2D eigenvalue weighted by atomic mass is 10.1. The Morgan fingerprint density at radius 1 is 1.39 bits per heavy atom. The Morgan fingerprint density at radius 2 is 2.17 bits per heavy atom. The van der Waals surface area contributed by atoms with Gasteiger partial charge >= 0.3 is 0 Å². The summed E-state index contributed by atoms with van der Waals surface area (Å²) < 4.78 is 0. The van der Waals surface area contributed by atoms with Crippen molar-refractivity contribution in [3.63, 3.8) is 0 Å². The Hall–Kier alpha value is -1.42. The fourth-order valence-corrected chi connectivity index (χ4v) is 2.76. The highest BCUT2D eigenvalue weighted by atomic mass is 32.2. The lowest BCUT2D eigenvalue weighted by molar-refractivity contribution is 0.767. The molecule has 0 fully saturated rings. The van der Waals surface area contributed by atoms with Gasteiger partial charge in [-0.2, -0.15) is 11.8 Å². The van der Waals surface area contributed by atoms with Gasteiger partial charge < -0.3 is 10.6 Å². The summed E-state index contributed by atoms with van der Waals surface area (Å²) in [5.74, 6) is 1.09. The van der Waals surface area contributed by atoms with Crippen LogP contribution in [0.25, 0.3) is 10.9 Å². The van der Waals surface area contributed by atoms with E-state index in [0.717, 1.165) is 28.0 Å². The van der Waals surface area contributed by atoms with Crippen LogP contribution >= 0.6 is 11.8 Å². The fraction of sp³-hybridized carbons (Fsp3) is 0.357. The van der Waals surface area contributed by atoms with E-state index < -0.39 is 0 Å². The Morgan fingerprint density at radius 3 is 2.89 bits per heavy atom. The van der Waals surface area contributed by atoms with Crippen molar-refractivity contribution in [2.75, 3.05) is 29.7 Å². The summed E-state index contributed by atoms with van der Waals surface area (Å²) in [5, 5.41) is 1.03. The van der Waals surface area contributed by atoms with E-state index in [2.05, 4.69) is 36.2 Å². The van der Waals surface area contributed by atoms with E-state index in [-0.39, 0.29) is 0 Å². The number of benzene rings is 1. The predicted molar refractivity (Wildman–Crippen MR) is 82.4 cm³/mol. The molecule has 0 saturated heterocycles. The maximum absolute atomic E-state index is 6.00. The molecule has 1 atom stereocenters. The number of thioether (sulfide) groups is 1. The normalized spacial score (nSPS) is 12.6. The van der Waals surface area contributed by atoms with Gasteiger partial charge in [0.25, 0.3) is 0 Å². The number of nitrogens with zero attached hydrogens (tertiary/aromatic N) is 2. The first-order valence-electron chi connectivity index (χ1n) is 6.00. The SMILES string of the molecule is CSCC(C)N(C)c1ccc(N)c2cccnc12. The molecule has 4 heteroatoms. The van der Waals surface area contributed by atoms with Crippen molar-refractivity contribution in [2.45, 2.75) is 13.0 Å². The largest absolute Gasteiger partial charge is 0.398 e. The van der Waals surface area contributed by atoms with Gasteiger partial charge in [0.05, 0.1) is 11.2 Å². The van der Waals surface area contributed by atoms with Gasteiger partial charge in [0.15, 0.2) is 0 Å². The zero-order chi connectivity index (χ0) is 13.1. The number of hydrogen-bond acceptors (Lipinski definition) is 4. The Kier molecular flexibility index (Phi) is 3.97. The highest BCUT2D eigenvalue weighted by Crippen LogP contribution is 2.29. The molecule has 1 aromatic carbocycles. The molecule has 0 bridgehead atoms. The maximum atomic E-state index is 6.00. The van der Waals surface area contributed by atoms with Gasteiger partial charge in [-0.1, -0.05) is 0 Å². The lowest BCUT2D eigenvalue weighted by Gasteiger charge is -2.27. The van der Waals surface area contributed by atoms with Crippen molar-refractivity contribution in [2.24, 2.45) is 0 Å². The van der Waals surface area contributed by atoms with Crippen molar-refractivity contribution in [3.05, 3.63) is 30.5 Å². The summed E-state index contributed by atoms with van der Waals surface area (Å²) in [7, 11) is 2.11. The third-order valence-corrected chi connectivity index (χ3v) is 4.05. The third-order valence-electron chi connectivity index (χ3n) is 3.23. The number of rotatable bonds is 4. The van der Waals surface area contributed by atoms with E-state index in [4.69, 9.17) is 5.73 Å². The van der Waals surface area contributed by atoms with Crippen LogP contribution in [0.4, 0.5) is 11.4 Å². The van der Waals surface area contributed by atoms with E-state index in [1.54, 1.807) is 0 Å². The highest BCUT2D eigenvalue weighted by molar-refractivity contribution is 7.98. The van der Waals surface area contributed by atoms with Crippen molar-refractivity contribution in [3.8, 4) is 0 Å². The van der Waals surface area contributed by atoms with Gasteiger partial charge in [0, 0.05) is 36.1 Å². The molecule has 1 heterocycles. The molecule has 1 unspecified atom stereocenters. The first kappa shape index (κ1) is 13.0. The molecule has 0 aliphatic heterocycles. The average Bonchev–Trinajstić information content (AvgIpc) is 2.39. The minimum absolute atomic E-state index is 0.467. The number of nitrogen functional groups attached to an aromatic ring is 1. The van der Waals surface area contributed by atoms with E-state index >= 15 is 0 Å². The van der Waals surface area contributed by atoms with Gasteiger partial charge in [-0.25, -0.2) is 0 Å². The molecule has 0 aliphatic rings. The monoisotopic (exact) mass is 261 g/mol. The first-order valence-corrected chi connectivity index (χ1v) is 7.39. The number of nitrogens with two attached hydrogens (primary N) is 1. The summed E-state index contributed by atoms with van der Waals surface area (Å²) in [5.41, 5.74) is 8.90. The Labute approximate surface area is 112 Å². The summed E-state index contributed by atoms with van der Waals surface area (Å²) in [4.78, 5) is 6.75. The molecule has 0 saturated carbocycles. The zero-order valence-corrected chi connectivity index (χ0v) is 11.9. The summed E-state index contributed by atoms with van der Waals surface area (Å²) in [6, 6.07) is 8.43. The first-order chi connectivity index (χ1) is 8.65. The van der Waals surface area contributed by atoms with E-state index in [1.807, 2.05) is 36.2 Å². The van der Waals surface area contributed by atoms with Gasteiger partial charge in [-0.3, -0.25) is 4.98 Å². The lowest BCUT2D eigenvalue weighted by Crippen LogP contribution is -2.31. The molecule has 0 radical (unpaired) electrons. The smallest absolute Gasteiger partial charge is 0.0955 e. The number of anilines is 2. The van der Waals surface area contributed by atoms with Crippen LogP contribution in [0.3, 0.4) is 0 Å². The molecule has 2 N–H and O–H groups in total. The van der Waals surface area contributed by atoms with Crippen LogP contribution in [0.2, 0.25) is 0 Å². The minimum Gasteiger partial charge on any atom is -0.398 e. The second kappa shape index (κ2) is 5.48. The molecule has 2 aromatic rings. The average molecular weight is 261 g/mol. The van der Waals surface area contributed by atoms with Gasteiger partial charge in [-0.05, 0) is 37.4 Å². The molecule has 0 spiro atoms. The van der Waals surface area contributed by atoms with Crippen LogP contribution in [0.15, 0.2) is 30.5 Å². The molecular weight excluding hydrogens is 242 g/mol. The van der Waals surface area contributed by atoms with Crippen LogP contribution in [-0.4, -0.2) is 30.1 Å². The standard InChI is InChI=1S/C14H19N3S/c1-10(9-18-3)17(2)13-7-6-12(15)11-5-4-8-16-14(11)13/h4-8,10H,9,15H2,1-3H3. The highest BCUT2D eigenvalue weighted by Gasteiger charge is 2.13. The van der Waals surface area contributed by atoms with Crippen molar-refractivity contribution in [1.29, 1.82) is 0 Å². The van der Waals surface area contributed by atoms with Gasteiger partial charge in [0.1, 0.15) is 0 Å². The van der Waals surface area contributed by atoms with E-state index in [0.29, 0.717) is 6.04 Å². The second-order valence-corrected chi connectivity index (χ2v) is 5.40. The topological polar surface area (TPSA) is 42.1 Å². The molecular formula is C14H19N3S. The van der Waals surface area contributed by atoms with Crippen LogP contribution in [-0.2, 0) is 0 Å². The Balaban J connectivity index is 2.48. The Bertz CT molecular complexity index is 542. The quantitative estimate of drug-likeness (QED) is 0.859. The van der Waals surface area contributed by atoms with Gasteiger partial charge in [0.2, 0.25) is 0 Å². The van der Waals surface area contributed by atoms with Crippen LogP contribution in [0.5, 0.6) is 0 Å². The molecule has 3 nitrogen and oxygen atoms in total. The fourth-order valence-electron chi connectivity index (χ4n) is 2.05.